The lowest BCUT2D eigenvalue weighted by Gasteiger charge is -2.36. The molecule has 1 heterocycles. The lowest BCUT2D eigenvalue weighted by Crippen LogP contribution is -2.41. The summed E-state index contributed by atoms with van der Waals surface area (Å²) < 4.78 is 1.60. The Hall–Kier alpha value is -4.19. The lowest BCUT2D eigenvalue weighted by atomic mass is 9.68. The lowest BCUT2D eigenvalue weighted by molar-refractivity contribution is 0.0962. The third-order valence-electron chi connectivity index (χ3n) is 7.31. The third-order valence-corrected chi connectivity index (χ3v) is 7.31. The van der Waals surface area contributed by atoms with Gasteiger partial charge in [0, 0.05) is 16.5 Å². The number of hydrogen-bond acceptors (Lipinski definition) is 4. The minimum atomic E-state index is -0.301. The molecule has 0 atom stereocenters. The van der Waals surface area contributed by atoms with Gasteiger partial charge in [0.2, 0.25) is 5.95 Å². The predicted molar refractivity (Wildman–Crippen MR) is 137 cm³/mol. The molecule has 6 rings (SSSR count). The molecule has 6 nitrogen and oxygen atoms in total. The number of amides is 1. The first kappa shape index (κ1) is 21.4. The van der Waals surface area contributed by atoms with Gasteiger partial charge in [-0.15, -0.1) is 0 Å². The maximum Gasteiger partial charge on any atom is 0.269 e. The summed E-state index contributed by atoms with van der Waals surface area (Å²) in [5, 5.41) is 0. The van der Waals surface area contributed by atoms with Gasteiger partial charge in [-0.2, -0.15) is 0 Å². The molecule has 1 amide bonds. The van der Waals surface area contributed by atoms with Crippen molar-refractivity contribution >= 4 is 11.9 Å². The van der Waals surface area contributed by atoms with Gasteiger partial charge in [-0.05, 0) is 49.1 Å². The van der Waals surface area contributed by atoms with E-state index in [-0.39, 0.29) is 22.8 Å². The highest BCUT2D eigenvalue weighted by atomic mass is 16.2. The number of carbonyl (C=O) groups excluding carboxylic acids is 1. The predicted octanol–water partition coefficient (Wildman–Crippen LogP) is 5.02. The van der Waals surface area contributed by atoms with Gasteiger partial charge < -0.3 is 0 Å². The summed E-state index contributed by atoms with van der Waals surface area (Å²) in [6, 6.07) is 26.7. The molecule has 3 aromatic carbocycles. The van der Waals surface area contributed by atoms with Crippen molar-refractivity contribution in [2.75, 3.05) is 5.43 Å². The molecule has 2 aliphatic carbocycles. The maximum atomic E-state index is 14.3. The van der Waals surface area contributed by atoms with Crippen LogP contribution in [-0.2, 0) is 11.8 Å². The highest BCUT2D eigenvalue weighted by molar-refractivity contribution is 5.94. The van der Waals surface area contributed by atoms with Gasteiger partial charge >= 0.3 is 0 Å². The van der Waals surface area contributed by atoms with Crippen LogP contribution < -0.4 is 16.4 Å². The summed E-state index contributed by atoms with van der Waals surface area (Å²) in [6.07, 6.45) is 5.05. The zero-order chi connectivity index (χ0) is 23.8. The number of anilines is 1. The molecule has 2 N–H and O–H groups in total. The Morgan fingerprint density at radius 1 is 0.857 bits per heavy atom. The fourth-order valence-electron chi connectivity index (χ4n) is 5.71. The molecule has 174 valence electrons. The Morgan fingerprint density at radius 3 is 2.26 bits per heavy atom. The van der Waals surface area contributed by atoms with E-state index < -0.39 is 0 Å². The second kappa shape index (κ2) is 8.55. The van der Waals surface area contributed by atoms with Crippen molar-refractivity contribution in [1.82, 2.24) is 15.0 Å². The molecule has 0 bridgehead atoms. The normalized spacial score (nSPS) is 15.3. The van der Waals surface area contributed by atoms with E-state index in [0.29, 0.717) is 11.3 Å². The van der Waals surface area contributed by atoms with Gasteiger partial charge in [-0.25, -0.2) is 9.55 Å². The number of para-hydroxylation sites is 1. The van der Waals surface area contributed by atoms with Crippen LogP contribution in [-0.4, -0.2) is 15.5 Å². The van der Waals surface area contributed by atoms with E-state index >= 15 is 0 Å². The van der Waals surface area contributed by atoms with Crippen LogP contribution in [0.1, 0.15) is 47.2 Å². The number of hydrogen-bond donors (Lipinski definition) is 2. The van der Waals surface area contributed by atoms with Gasteiger partial charge in [0.05, 0.1) is 16.9 Å². The molecular weight excluding hydrogens is 436 g/mol. The van der Waals surface area contributed by atoms with E-state index in [9.17, 15) is 9.59 Å². The summed E-state index contributed by atoms with van der Waals surface area (Å²) in [7, 11) is 0. The van der Waals surface area contributed by atoms with E-state index in [1.165, 1.54) is 5.56 Å². The summed E-state index contributed by atoms with van der Waals surface area (Å²) in [5.74, 6) is -0.0149. The van der Waals surface area contributed by atoms with Crippen molar-refractivity contribution < 1.29 is 4.79 Å². The first-order valence-electron chi connectivity index (χ1n) is 12.1. The first-order chi connectivity index (χ1) is 17.2. The van der Waals surface area contributed by atoms with Gasteiger partial charge in [0.25, 0.3) is 11.5 Å². The molecule has 4 aromatic rings. The topological polar surface area (TPSA) is 76.0 Å². The summed E-state index contributed by atoms with van der Waals surface area (Å²) in [5.41, 5.74) is 10.4. The van der Waals surface area contributed by atoms with Gasteiger partial charge in [0.15, 0.2) is 0 Å². The second-order valence-electron chi connectivity index (χ2n) is 9.40. The van der Waals surface area contributed by atoms with Crippen LogP contribution >= 0.6 is 0 Å². The summed E-state index contributed by atoms with van der Waals surface area (Å²) >= 11 is 0. The van der Waals surface area contributed by atoms with Crippen LogP contribution in [0.15, 0.2) is 89.7 Å². The quantitative estimate of drug-likeness (QED) is 0.418. The van der Waals surface area contributed by atoms with Crippen LogP contribution in [0.25, 0.3) is 16.9 Å². The smallest absolute Gasteiger partial charge is 0.268 e. The molecule has 0 aliphatic heterocycles. The van der Waals surface area contributed by atoms with Crippen molar-refractivity contribution in [3.63, 3.8) is 0 Å². The minimum absolute atomic E-state index is 0.0749. The highest BCUT2D eigenvalue weighted by Crippen LogP contribution is 2.49. The number of nitrogens with one attached hydrogen (secondary N) is 2. The van der Waals surface area contributed by atoms with E-state index in [1.807, 2.05) is 60.7 Å². The van der Waals surface area contributed by atoms with Crippen LogP contribution in [0, 0.1) is 0 Å². The fraction of sp³-hybridized carbons (Fsp3) is 0.207. The molecule has 35 heavy (non-hydrogen) atoms. The van der Waals surface area contributed by atoms with Crippen LogP contribution in [0.4, 0.5) is 5.95 Å². The number of nitrogens with zero attached hydrogens (tertiary/aromatic N) is 2. The molecule has 1 spiro atoms. The number of fused-ring (bicyclic) bond motifs is 4. The number of rotatable bonds is 4. The average Bonchev–Trinajstić information content (AvgIpc) is 3.36. The maximum absolute atomic E-state index is 14.3. The minimum Gasteiger partial charge on any atom is -0.268 e. The third kappa shape index (κ3) is 3.62. The summed E-state index contributed by atoms with van der Waals surface area (Å²) in [4.78, 5) is 32.1. The molecule has 0 saturated heterocycles. The SMILES string of the molecule is O=C(NNc1nc2c(c(=O)n1-c1ccccc1)C1(CCCC1)Cc1ccccc1-2)c1ccccc1. The zero-order valence-electron chi connectivity index (χ0n) is 19.3. The number of hydrazine groups is 1. The fourth-order valence-corrected chi connectivity index (χ4v) is 5.71. The Kier molecular flexibility index (Phi) is 5.21. The Morgan fingerprint density at radius 2 is 1.51 bits per heavy atom. The Labute approximate surface area is 203 Å². The summed E-state index contributed by atoms with van der Waals surface area (Å²) in [6.45, 7) is 0. The van der Waals surface area contributed by atoms with E-state index in [4.69, 9.17) is 4.98 Å². The number of benzene rings is 3. The number of aromatic nitrogens is 2. The average molecular weight is 463 g/mol. The van der Waals surface area contributed by atoms with Crippen molar-refractivity contribution in [3.05, 3.63) is 112 Å². The van der Waals surface area contributed by atoms with Gasteiger partial charge in [-0.3, -0.25) is 20.4 Å². The van der Waals surface area contributed by atoms with Gasteiger partial charge in [0.1, 0.15) is 0 Å². The largest absolute Gasteiger partial charge is 0.269 e. The number of carbonyl (C=O) groups is 1. The van der Waals surface area contributed by atoms with E-state index in [2.05, 4.69) is 23.0 Å². The Bertz CT molecular complexity index is 1460. The van der Waals surface area contributed by atoms with Crippen molar-refractivity contribution in [1.29, 1.82) is 0 Å². The van der Waals surface area contributed by atoms with Gasteiger partial charge in [-0.1, -0.05) is 73.5 Å². The van der Waals surface area contributed by atoms with Crippen molar-refractivity contribution in [2.45, 2.75) is 37.5 Å². The highest BCUT2D eigenvalue weighted by Gasteiger charge is 2.44. The Balaban J connectivity index is 1.53. The van der Waals surface area contributed by atoms with Crippen molar-refractivity contribution in [3.8, 4) is 16.9 Å². The molecule has 6 heteroatoms. The molecule has 2 aliphatic rings. The van der Waals surface area contributed by atoms with Crippen LogP contribution in [0.3, 0.4) is 0 Å². The van der Waals surface area contributed by atoms with E-state index in [1.54, 1.807) is 16.7 Å². The molecular formula is C29H26N4O2. The monoisotopic (exact) mass is 462 g/mol. The van der Waals surface area contributed by atoms with Crippen LogP contribution in [0.5, 0.6) is 0 Å². The molecule has 1 saturated carbocycles. The van der Waals surface area contributed by atoms with Crippen molar-refractivity contribution in [2.24, 2.45) is 0 Å². The molecule has 0 unspecified atom stereocenters. The van der Waals surface area contributed by atoms with E-state index in [0.717, 1.165) is 48.9 Å². The standard InChI is InChI=1S/C29H26N4O2/c34-26(20-11-3-1-4-12-20)31-32-28-30-25-23-16-8-7-13-21(23)19-29(17-9-10-18-29)24(25)27(35)33(28)22-14-5-2-6-15-22/h1-8,11-16H,9-10,17-19H2,(H,30,32)(H,31,34). The molecule has 1 aromatic heterocycles. The van der Waals surface area contributed by atoms with Crippen LogP contribution in [0.2, 0.25) is 0 Å². The second-order valence-corrected chi connectivity index (χ2v) is 9.40. The molecule has 0 radical (unpaired) electrons. The zero-order valence-corrected chi connectivity index (χ0v) is 19.3. The first-order valence-corrected chi connectivity index (χ1v) is 12.1. The molecule has 1 fully saturated rings.